The molecule has 0 aliphatic heterocycles. The number of ether oxygens (including phenoxy) is 2. The minimum atomic E-state index is -1.00. The third-order valence-electron chi connectivity index (χ3n) is 8.29. The van der Waals surface area contributed by atoms with Crippen LogP contribution in [0.2, 0.25) is 0 Å². The summed E-state index contributed by atoms with van der Waals surface area (Å²) in [5.41, 5.74) is 0. The number of rotatable bonds is 35. The molecule has 0 aromatic rings. The summed E-state index contributed by atoms with van der Waals surface area (Å²) in [6.07, 6.45) is 42.9. The molecule has 0 fully saturated rings. The number of hydrogen-bond acceptors (Lipinski definition) is 6. The van der Waals surface area contributed by atoms with Crippen molar-refractivity contribution in [3.05, 3.63) is 48.6 Å². The highest BCUT2D eigenvalue weighted by molar-refractivity contribution is 5.89. The first-order chi connectivity index (χ1) is 23.5. The molecular weight excluding hydrogens is 600 g/mol. The highest BCUT2D eigenvalue weighted by atomic mass is 16.6. The van der Waals surface area contributed by atoms with Gasteiger partial charge in [-0.3, -0.25) is 14.4 Å². The predicted octanol–water partition coefficient (Wildman–Crippen LogP) is 11.4. The minimum Gasteiger partial charge on any atom is -0.463 e. The number of carbonyl (C=O) groups excluding carboxylic acids is 3. The van der Waals surface area contributed by atoms with E-state index >= 15 is 0 Å². The Hall–Kier alpha value is -2.47. The third-order valence-corrected chi connectivity index (χ3v) is 8.29. The summed E-state index contributed by atoms with van der Waals surface area (Å²) in [6.45, 7) is 4.09. The van der Waals surface area contributed by atoms with Gasteiger partial charge >= 0.3 is 11.9 Å². The van der Waals surface area contributed by atoms with Gasteiger partial charge in [0.05, 0.1) is 0 Å². The number of esters is 2. The predicted molar refractivity (Wildman–Crippen MR) is 201 cm³/mol. The number of aliphatic hydroxyl groups excluding tert-OH is 1. The molecular formula is C42H72O6. The summed E-state index contributed by atoms with van der Waals surface area (Å²) in [5.74, 6) is -0.472. The number of hydrogen-bond donors (Lipinski definition) is 1. The van der Waals surface area contributed by atoms with Crippen LogP contribution < -0.4 is 0 Å². The van der Waals surface area contributed by atoms with Crippen molar-refractivity contribution >= 4 is 17.7 Å². The van der Waals surface area contributed by atoms with Gasteiger partial charge in [-0.05, 0) is 44.6 Å². The summed E-state index contributed by atoms with van der Waals surface area (Å²) < 4.78 is 10.3. The quantitative estimate of drug-likeness (QED) is 0.0237. The number of aliphatic hydroxyl groups is 1. The van der Waals surface area contributed by atoms with Crippen LogP contribution in [0.15, 0.2) is 48.6 Å². The Morgan fingerprint density at radius 1 is 0.500 bits per heavy atom. The fourth-order valence-electron chi connectivity index (χ4n) is 5.27. The lowest BCUT2D eigenvalue weighted by Crippen LogP contribution is -2.25. The Balaban J connectivity index is 3.57. The maximum absolute atomic E-state index is 12.0. The van der Waals surface area contributed by atoms with E-state index in [-0.39, 0.29) is 37.4 Å². The van der Waals surface area contributed by atoms with Gasteiger partial charge in [0.15, 0.2) is 5.78 Å². The molecule has 0 saturated carbocycles. The van der Waals surface area contributed by atoms with Gasteiger partial charge in [0.1, 0.15) is 19.3 Å². The average molecular weight is 673 g/mol. The van der Waals surface area contributed by atoms with Gasteiger partial charge < -0.3 is 14.6 Å². The molecule has 0 saturated heterocycles. The van der Waals surface area contributed by atoms with Crippen LogP contribution in [0.4, 0.5) is 0 Å². The number of ketones is 1. The van der Waals surface area contributed by atoms with Crippen LogP contribution in [0.25, 0.3) is 0 Å². The van der Waals surface area contributed by atoms with Gasteiger partial charge in [0, 0.05) is 19.3 Å². The summed E-state index contributed by atoms with van der Waals surface area (Å²) in [7, 11) is 0. The SMILES string of the molecule is CCCCCCCCCCCCCCCCCCC(=O)OC[C@H](O)COC(=O)CCC/C=C\C/C=C\C/C=C\C=C\C(=O)CCCCC. The lowest BCUT2D eigenvalue weighted by atomic mass is 10.0. The topological polar surface area (TPSA) is 89.9 Å². The van der Waals surface area contributed by atoms with Crippen LogP contribution in [0, 0.1) is 0 Å². The zero-order chi connectivity index (χ0) is 35.2. The highest BCUT2D eigenvalue weighted by Gasteiger charge is 2.12. The molecule has 0 spiro atoms. The molecule has 0 rings (SSSR count). The lowest BCUT2D eigenvalue weighted by molar-refractivity contribution is -0.152. The summed E-state index contributed by atoms with van der Waals surface area (Å²) in [5, 5.41) is 10.00. The Labute approximate surface area is 294 Å². The third kappa shape index (κ3) is 36.4. The van der Waals surface area contributed by atoms with Crippen LogP contribution in [0.3, 0.4) is 0 Å². The first-order valence-corrected chi connectivity index (χ1v) is 19.6. The molecule has 1 atom stereocenters. The molecule has 0 radical (unpaired) electrons. The van der Waals surface area contributed by atoms with Crippen molar-refractivity contribution in [1.82, 2.24) is 0 Å². The van der Waals surface area contributed by atoms with Gasteiger partial charge in [-0.2, -0.15) is 0 Å². The Morgan fingerprint density at radius 2 is 0.917 bits per heavy atom. The van der Waals surface area contributed by atoms with Crippen LogP contribution in [0.1, 0.15) is 181 Å². The zero-order valence-corrected chi connectivity index (χ0v) is 31.0. The number of unbranched alkanes of at least 4 members (excludes halogenated alkanes) is 18. The molecule has 276 valence electrons. The first-order valence-electron chi connectivity index (χ1n) is 19.6. The molecule has 0 amide bonds. The van der Waals surface area contributed by atoms with E-state index in [1.54, 1.807) is 6.08 Å². The summed E-state index contributed by atoms with van der Waals surface area (Å²) in [4.78, 5) is 35.5. The summed E-state index contributed by atoms with van der Waals surface area (Å²) >= 11 is 0. The molecule has 6 nitrogen and oxygen atoms in total. The smallest absolute Gasteiger partial charge is 0.305 e. The number of carbonyl (C=O) groups is 3. The van der Waals surface area contributed by atoms with E-state index in [9.17, 15) is 19.5 Å². The van der Waals surface area contributed by atoms with E-state index in [2.05, 4.69) is 32.1 Å². The Bertz CT molecular complexity index is 871. The van der Waals surface area contributed by atoms with Crippen molar-refractivity contribution in [1.29, 1.82) is 0 Å². The number of allylic oxidation sites excluding steroid dienone is 8. The van der Waals surface area contributed by atoms with E-state index in [1.165, 1.54) is 83.5 Å². The fourth-order valence-corrected chi connectivity index (χ4v) is 5.27. The van der Waals surface area contributed by atoms with Crippen LogP contribution in [-0.2, 0) is 23.9 Å². The molecule has 0 aliphatic carbocycles. The first kappa shape index (κ1) is 45.5. The summed E-state index contributed by atoms with van der Waals surface area (Å²) in [6, 6.07) is 0. The molecule has 6 heteroatoms. The Kier molecular flexibility index (Phi) is 35.4. The minimum absolute atomic E-state index is 0.146. The molecule has 0 unspecified atom stereocenters. The van der Waals surface area contributed by atoms with Gasteiger partial charge in [0.2, 0.25) is 0 Å². The normalized spacial score (nSPS) is 12.6. The average Bonchev–Trinajstić information content (AvgIpc) is 3.08. The molecule has 0 aliphatic rings. The second kappa shape index (κ2) is 37.4. The standard InChI is InChI=1S/C42H72O6/c1-3-5-7-8-9-10-11-12-13-14-15-18-21-24-27-31-35-41(45)47-37-40(44)38-48-42(46)36-32-28-25-22-19-16-17-20-23-26-30-34-39(43)33-29-6-4-2/h16-17,22-23,25-26,30,34,40,44H,3-15,18-21,24,27-29,31-33,35-38H2,1-2H3/b17-16-,25-22-,26-23-,34-30+/t40-/m0/s1. The highest BCUT2D eigenvalue weighted by Crippen LogP contribution is 2.14. The molecule has 48 heavy (non-hydrogen) atoms. The zero-order valence-electron chi connectivity index (χ0n) is 31.0. The molecule has 0 heterocycles. The second-order valence-electron chi connectivity index (χ2n) is 13.1. The van der Waals surface area contributed by atoms with E-state index in [0.717, 1.165) is 57.8 Å². The molecule has 0 bridgehead atoms. The van der Waals surface area contributed by atoms with Crippen molar-refractivity contribution in [3.8, 4) is 0 Å². The van der Waals surface area contributed by atoms with E-state index < -0.39 is 6.10 Å². The van der Waals surface area contributed by atoms with Gasteiger partial charge in [-0.15, -0.1) is 0 Å². The van der Waals surface area contributed by atoms with Crippen LogP contribution >= 0.6 is 0 Å². The lowest BCUT2D eigenvalue weighted by Gasteiger charge is -2.12. The van der Waals surface area contributed by atoms with Gasteiger partial charge in [0.25, 0.3) is 0 Å². The monoisotopic (exact) mass is 673 g/mol. The van der Waals surface area contributed by atoms with Gasteiger partial charge in [-0.25, -0.2) is 0 Å². The van der Waals surface area contributed by atoms with Gasteiger partial charge in [-0.1, -0.05) is 166 Å². The van der Waals surface area contributed by atoms with Crippen molar-refractivity contribution in [2.75, 3.05) is 13.2 Å². The molecule has 0 aromatic carbocycles. The largest absolute Gasteiger partial charge is 0.463 e. The maximum Gasteiger partial charge on any atom is 0.305 e. The van der Waals surface area contributed by atoms with E-state index in [4.69, 9.17) is 9.47 Å². The second-order valence-corrected chi connectivity index (χ2v) is 13.1. The van der Waals surface area contributed by atoms with E-state index in [1.807, 2.05) is 24.3 Å². The van der Waals surface area contributed by atoms with Crippen LogP contribution in [-0.4, -0.2) is 42.1 Å². The maximum atomic E-state index is 12.0. The fraction of sp³-hybridized carbons (Fsp3) is 0.738. The van der Waals surface area contributed by atoms with Crippen molar-refractivity contribution in [2.45, 2.75) is 187 Å². The molecule has 1 N–H and O–H groups in total. The van der Waals surface area contributed by atoms with Crippen molar-refractivity contribution in [2.24, 2.45) is 0 Å². The van der Waals surface area contributed by atoms with Crippen LogP contribution in [0.5, 0.6) is 0 Å². The molecule has 0 aromatic heterocycles. The van der Waals surface area contributed by atoms with Crippen molar-refractivity contribution in [3.63, 3.8) is 0 Å². The van der Waals surface area contributed by atoms with E-state index in [0.29, 0.717) is 19.3 Å². The Morgan fingerprint density at radius 3 is 1.46 bits per heavy atom. The van der Waals surface area contributed by atoms with Crippen molar-refractivity contribution < 1.29 is 29.0 Å².